The molecular formula is C9H15IN2O4. The van der Waals surface area contributed by atoms with Crippen LogP contribution in [0.5, 0.6) is 0 Å². The zero-order valence-corrected chi connectivity index (χ0v) is 11.3. The van der Waals surface area contributed by atoms with Gasteiger partial charge in [0.25, 0.3) is 0 Å². The quantitative estimate of drug-likeness (QED) is 0.657. The maximum atomic E-state index is 11.5. The highest BCUT2D eigenvalue weighted by atomic mass is 127. The van der Waals surface area contributed by atoms with E-state index >= 15 is 0 Å². The number of piperazine rings is 1. The number of amides is 2. The normalized spacial score (nSPS) is 16.4. The van der Waals surface area contributed by atoms with Gasteiger partial charge in [-0.2, -0.15) is 0 Å². The van der Waals surface area contributed by atoms with Crippen LogP contribution >= 0.6 is 23.0 Å². The van der Waals surface area contributed by atoms with Gasteiger partial charge in [0.2, 0.25) is 11.8 Å². The van der Waals surface area contributed by atoms with Crippen molar-refractivity contribution in [1.82, 2.24) is 9.80 Å². The molecule has 0 aromatic rings. The van der Waals surface area contributed by atoms with E-state index in [1.54, 1.807) is 32.8 Å². The number of carbonyl (C=O) groups is 2. The molecule has 1 rings (SSSR count). The number of ether oxygens (including phenoxy) is 1. The molecule has 2 amide bonds. The standard InChI is InChI=1S/C9H15IN2O4/c1-15-6-8(13)11-2-4-12(5-3-11)9(14)7-16-10/h2-7H2,1H3. The number of nitrogens with zero attached hydrogens (tertiary/aromatic N) is 2. The minimum atomic E-state index is -0.0340. The van der Waals surface area contributed by atoms with E-state index < -0.39 is 0 Å². The molecule has 0 unspecified atom stereocenters. The van der Waals surface area contributed by atoms with E-state index in [-0.39, 0.29) is 25.0 Å². The molecule has 1 saturated heterocycles. The van der Waals surface area contributed by atoms with Crippen molar-refractivity contribution < 1.29 is 17.4 Å². The molecule has 1 heterocycles. The minimum absolute atomic E-state index is 0.0280. The summed E-state index contributed by atoms with van der Waals surface area (Å²) in [6.07, 6.45) is 0. The Balaban J connectivity index is 2.33. The van der Waals surface area contributed by atoms with E-state index in [1.807, 2.05) is 0 Å². The first-order valence-corrected chi connectivity index (χ1v) is 5.85. The first-order valence-electron chi connectivity index (χ1n) is 4.97. The SMILES string of the molecule is COCC(=O)N1CCN(C(=O)COI)CC1. The summed E-state index contributed by atoms with van der Waals surface area (Å²) in [7, 11) is 1.50. The molecule has 92 valence electrons. The van der Waals surface area contributed by atoms with Crippen LogP contribution in [0.15, 0.2) is 0 Å². The average Bonchev–Trinajstić information content (AvgIpc) is 2.30. The lowest BCUT2D eigenvalue weighted by Crippen LogP contribution is -2.52. The summed E-state index contributed by atoms with van der Waals surface area (Å²) >= 11 is 1.70. The number of hydrogen-bond donors (Lipinski definition) is 0. The summed E-state index contributed by atoms with van der Waals surface area (Å²) in [5, 5.41) is 0. The Morgan fingerprint density at radius 1 is 1.06 bits per heavy atom. The van der Waals surface area contributed by atoms with E-state index in [2.05, 4.69) is 0 Å². The van der Waals surface area contributed by atoms with Crippen molar-refractivity contribution >= 4 is 34.8 Å². The lowest BCUT2D eigenvalue weighted by Gasteiger charge is -2.34. The van der Waals surface area contributed by atoms with E-state index in [0.29, 0.717) is 26.2 Å². The summed E-state index contributed by atoms with van der Waals surface area (Å²) in [4.78, 5) is 26.4. The van der Waals surface area contributed by atoms with Gasteiger partial charge in [-0.25, -0.2) is 0 Å². The fourth-order valence-electron chi connectivity index (χ4n) is 1.56. The first-order chi connectivity index (χ1) is 7.69. The Bertz CT molecular complexity index is 228. The van der Waals surface area contributed by atoms with Crippen molar-refractivity contribution in [2.75, 3.05) is 46.5 Å². The zero-order valence-electron chi connectivity index (χ0n) is 9.15. The summed E-state index contributed by atoms with van der Waals surface area (Å²) in [6.45, 7) is 2.45. The summed E-state index contributed by atoms with van der Waals surface area (Å²) in [5.41, 5.74) is 0. The molecule has 0 spiro atoms. The maximum absolute atomic E-state index is 11.5. The van der Waals surface area contributed by atoms with Crippen molar-refractivity contribution in [3.63, 3.8) is 0 Å². The second kappa shape index (κ2) is 7.02. The number of rotatable bonds is 4. The van der Waals surface area contributed by atoms with Gasteiger partial charge >= 0.3 is 0 Å². The second-order valence-corrected chi connectivity index (χ2v) is 4.07. The smallest absolute Gasteiger partial charge is 0.249 e. The Morgan fingerprint density at radius 2 is 1.50 bits per heavy atom. The first kappa shape index (κ1) is 13.7. The molecule has 1 aliphatic rings. The van der Waals surface area contributed by atoms with E-state index in [0.717, 1.165) is 0 Å². The Kier molecular flexibility index (Phi) is 5.99. The molecule has 0 N–H and O–H groups in total. The lowest BCUT2D eigenvalue weighted by molar-refractivity contribution is -0.142. The number of hydrogen-bond acceptors (Lipinski definition) is 4. The Labute approximate surface area is 109 Å². The molecule has 0 aromatic heterocycles. The molecular weight excluding hydrogens is 327 g/mol. The van der Waals surface area contributed by atoms with Gasteiger partial charge in [0.1, 0.15) is 36.2 Å². The van der Waals surface area contributed by atoms with E-state index in [1.165, 1.54) is 7.11 Å². The van der Waals surface area contributed by atoms with Crippen LogP contribution in [0.1, 0.15) is 0 Å². The van der Waals surface area contributed by atoms with Crippen LogP contribution in [-0.4, -0.2) is 68.1 Å². The van der Waals surface area contributed by atoms with Gasteiger partial charge in [-0.3, -0.25) is 9.59 Å². The van der Waals surface area contributed by atoms with Gasteiger partial charge in [0.15, 0.2) is 0 Å². The van der Waals surface area contributed by atoms with Crippen molar-refractivity contribution in [3.8, 4) is 0 Å². The van der Waals surface area contributed by atoms with Crippen LogP contribution in [0.25, 0.3) is 0 Å². The summed E-state index contributed by atoms with van der Waals surface area (Å²) in [5.74, 6) is -0.0621. The molecule has 0 saturated carbocycles. The molecule has 16 heavy (non-hydrogen) atoms. The minimum Gasteiger partial charge on any atom is -0.375 e. The monoisotopic (exact) mass is 342 g/mol. The van der Waals surface area contributed by atoms with Crippen LogP contribution in [0, 0.1) is 0 Å². The van der Waals surface area contributed by atoms with Crippen LogP contribution in [0.3, 0.4) is 0 Å². The molecule has 0 radical (unpaired) electrons. The Hall–Kier alpha value is -0.410. The highest BCUT2D eigenvalue weighted by Gasteiger charge is 2.23. The summed E-state index contributed by atoms with van der Waals surface area (Å²) in [6, 6.07) is 0. The molecule has 0 atom stereocenters. The fourth-order valence-corrected chi connectivity index (χ4v) is 1.82. The third-order valence-electron chi connectivity index (χ3n) is 2.43. The fraction of sp³-hybridized carbons (Fsp3) is 0.778. The maximum Gasteiger partial charge on any atom is 0.249 e. The second-order valence-electron chi connectivity index (χ2n) is 3.45. The van der Waals surface area contributed by atoms with Gasteiger partial charge in [0.05, 0.1) is 0 Å². The van der Waals surface area contributed by atoms with Gasteiger partial charge in [-0.1, -0.05) is 0 Å². The van der Waals surface area contributed by atoms with Gasteiger partial charge < -0.3 is 17.6 Å². The van der Waals surface area contributed by atoms with Crippen LogP contribution in [0.4, 0.5) is 0 Å². The summed E-state index contributed by atoms with van der Waals surface area (Å²) < 4.78 is 9.52. The van der Waals surface area contributed by atoms with Gasteiger partial charge in [-0.15, -0.1) is 0 Å². The highest BCUT2D eigenvalue weighted by molar-refractivity contribution is 14.1. The Morgan fingerprint density at radius 3 is 1.88 bits per heavy atom. The molecule has 7 heteroatoms. The van der Waals surface area contributed by atoms with Crippen LogP contribution in [-0.2, 0) is 17.4 Å². The predicted octanol–water partition coefficient (Wildman–Crippen LogP) is -0.330. The number of halogens is 1. The largest absolute Gasteiger partial charge is 0.375 e. The van der Waals surface area contributed by atoms with Gasteiger partial charge in [-0.05, 0) is 0 Å². The highest BCUT2D eigenvalue weighted by Crippen LogP contribution is 2.03. The molecule has 0 aliphatic carbocycles. The molecule has 1 aliphatic heterocycles. The molecule has 1 fully saturated rings. The average molecular weight is 342 g/mol. The third-order valence-corrected chi connectivity index (χ3v) is 2.74. The number of carbonyl (C=O) groups excluding carboxylic acids is 2. The predicted molar refractivity (Wildman–Crippen MR) is 65.0 cm³/mol. The zero-order chi connectivity index (χ0) is 12.0. The van der Waals surface area contributed by atoms with Crippen molar-refractivity contribution in [2.45, 2.75) is 0 Å². The lowest BCUT2D eigenvalue weighted by atomic mass is 10.3. The molecule has 0 bridgehead atoms. The number of methoxy groups -OCH3 is 1. The van der Waals surface area contributed by atoms with Crippen LogP contribution < -0.4 is 0 Å². The van der Waals surface area contributed by atoms with Crippen molar-refractivity contribution in [1.29, 1.82) is 0 Å². The third kappa shape index (κ3) is 3.87. The van der Waals surface area contributed by atoms with E-state index in [4.69, 9.17) is 7.80 Å². The van der Waals surface area contributed by atoms with Crippen molar-refractivity contribution in [2.24, 2.45) is 0 Å². The van der Waals surface area contributed by atoms with Crippen molar-refractivity contribution in [3.05, 3.63) is 0 Å². The molecule has 0 aromatic carbocycles. The van der Waals surface area contributed by atoms with Crippen LogP contribution in [0.2, 0.25) is 0 Å². The van der Waals surface area contributed by atoms with Gasteiger partial charge in [0, 0.05) is 33.3 Å². The topological polar surface area (TPSA) is 59.1 Å². The molecule has 6 nitrogen and oxygen atoms in total. The van der Waals surface area contributed by atoms with E-state index in [9.17, 15) is 9.59 Å².